The summed E-state index contributed by atoms with van der Waals surface area (Å²) in [4.78, 5) is 72.2. The summed E-state index contributed by atoms with van der Waals surface area (Å²) in [6, 6.07) is 15.6. The first kappa shape index (κ1) is 29.4. The number of aliphatic imine (C=N–C) groups is 1. The Labute approximate surface area is 241 Å². The first-order chi connectivity index (χ1) is 20.3. The molecule has 2 bridgehead atoms. The van der Waals surface area contributed by atoms with Crippen LogP contribution >= 0.6 is 0 Å². The van der Waals surface area contributed by atoms with Crippen LogP contribution in [0, 0.1) is 0 Å². The molecule has 2 aromatic carbocycles. The number of rotatable bonds is 8. The maximum atomic E-state index is 14.0. The zero-order chi connectivity index (χ0) is 30.4. The zero-order valence-corrected chi connectivity index (χ0v) is 23.2. The number of hydrogen-bond donors (Lipinski definition) is 0. The van der Waals surface area contributed by atoms with Crippen molar-refractivity contribution in [3.05, 3.63) is 113 Å². The van der Waals surface area contributed by atoms with Gasteiger partial charge in [0.2, 0.25) is 5.78 Å². The number of ketones is 1. The van der Waals surface area contributed by atoms with E-state index in [1.807, 2.05) is 0 Å². The van der Waals surface area contributed by atoms with Crippen LogP contribution in [0.15, 0.2) is 107 Å². The minimum atomic E-state index is -1.22. The maximum absolute atomic E-state index is 14.0. The molecule has 2 aliphatic rings. The van der Waals surface area contributed by atoms with Gasteiger partial charge in [-0.15, -0.1) is 0 Å². The molecule has 0 amide bonds. The highest BCUT2D eigenvalue weighted by atomic mass is 16.5. The fourth-order valence-electron chi connectivity index (χ4n) is 4.66. The van der Waals surface area contributed by atoms with Crippen LogP contribution in [0.2, 0.25) is 0 Å². The van der Waals surface area contributed by atoms with Crippen LogP contribution in [0.4, 0.5) is 0 Å². The largest absolute Gasteiger partial charge is 0.466 e. The van der Waals surface area contributed by atoms with E-state index >= 15 is 0 Å². The highest BCUT2D eigenvalue weighted by Gasteiger charge is 2.48. The van der Waals surface area contributed by atoms with Crippen molar-refractivity contribution in [2.75, 3.05) is 28.4 Å². The van der Waals surface area contributed by atoms with E-state index < -0.39 is 41.4 Å². The molecule has 0 spiro atoms. The van der Waals surface area contributed by atoms with Crippen LogP contribution < -0.4 is 0 Å². The second-order valence-corrected chi connectivity index (χ2v) is 8.74. The van der Waals surface area contributed by atoms with Crippen molar-refractivity contribution in [3.8, 4) is 0 Å². The summed E-state index contributed by atoms with van der Waals surface area (Å²) in [7, 11) is 4.46. The number of hydrogen-bond acceptors (Lipinski definition) is 11. The number of nitrogens with zero attached hydrogens (tertiary/aromatic N) is 2. The van der Waals surface area contributed by atoms with E-state index in [2.05, 4.69) is 4.99 Å². The van der Waals surface area contributed by atoms with E-state index in [0.29, 0.717) is 5.56 Å². The molecule has 4 rings (SSSR count). The molecule has 0 saturated carbocycles. The number of benzene rings is 2. The second-order valence-electron chi connectivity index (χ2n) is 8.74. The Kier molecular flexibility index (Phi) is 8.91. The van der Waals surface area contributed by atoms with Gasteiger partial charge >= 0.3 is 23.9 Å². The van der Waals surface area contributed by atoms with E-state index in [1.54, 1.807) is 60.7 Å². The van der Waals surface area contributed by atoms with Crippen LogP contribution in [-0.4, -0.2) is 74.8 Å². The molecule has 214 valence electrons. The Morgan fingerprint density at radius 1 is 0.786 bits per heavy atom. The third-order valence-corrected chi connectivity index (χ3v) is 6.48. The number of allylic oxidation sites excluding steroid dienone is 1. The molecule has 11 nitrogen and oxygen atoms in total. The van der Waals surface area contributed by atoms with E-state index in [4.69, 9.17) is 18.9 Å². The molecule has 0 radical (unpaired) electrons. The minimum absolute atomic E-state index is 0.0813. The number of methoxy groups -OCH3 is 4. The summed E-state index contributed by atoms with van der Waals surface area (Å²) in [6.07, 6.45) is 3.53. The lowest BCUT2D eigenvalue weighted by molar-refractivity contribution is -0.140. The van der Waals surface area contributed by atoms with Crippen molar-refractivity contribution in [1.29, 1.82) is 0 Å². The smallest absolute Gasteiger partial charge is 0.354 e. The molecule has 0 aliphatic carbocycles. The van der Waals surface area contributed by atoms with Crippen LogP contribution in [-0.2, 0) is 38.1 Å². The summed E-state index contributed by atoms with van der Waals surface area (Å²) < 4.78 is 19.9. The number of carbonyl (C=O) groups is 5. The van der Waals surface area contributed by atoms with E-state index in [1.165, 1.54) is 17.2 Å². The molecule has 0 fully saturated rings. The highest BCUT2D eigenvalue weighted by Crippen LogP contribution is 2.44. The highest BCUT2D eigenvalue weighted by molar-refractivity contribution is 6.61. The maximum Gasteiger partial charge on any atom is 0.354 e. The standard InChI is InChI=1S/C31H26N2O9/c1-39-22(34)17-21(29(36)40-2)33-20-15-16-32-26(28(35)19-13-9-6-10-14-19)23(18-11-7-5-8-12-18)27(33)25(31(38)42-4)24(20)30(37)41-3/h5-17,20H,1-4H3/b16-15?,21-17+,27-23?,32-26?. The molecule has 2 aliphatic heterocycles. The summed E-state index contributed by atoms with van der Waals surface area (Å²) >= 11 is 0. The van der Waals surface area contributed by atoms with Gasteiger partial charge in [-0.25, -0.2) is 19.2 Å². The Morgan fingerprint density at radius 2 is 1.40 bits per heavy atom. The van der Waals surface area contributed by atoms with Crippen molar-refractivity contribution in [1.82, 2.24) is 4.90 Å². The number of esters is 4. The van der Waals surface area contributed by atoms with Crippen LogP contribution in [0.5, 0.6) is 0 Å². The lowest BCUT2D eigenvalue weighted by Gasteiger charge is -2.31. The van der Waals surface area contributed by atoms with Crippen LogP contribution in [0.3, 0.4) is 0 Å². The SMILES string of the molecule is COC(=O)/C=C(\C(=O)OC)N1C2=C(c3ccccc3)C(C(=O)c3ccccc3)=NC=CC1C(C(=O)OC)=C2C(=O)OC. The van der Waals surface area contributed by atoms with Gasteiger partial charge < -0.3 is 23.8 Å². The van der Waals surface area contributed by atoms with Crippen molar-refractivity contribution in [2.24, 2.45) is 4.99 Å². The van der Waals surface area contributed by atoms with Gasteiger partial charge in [-0.3, -0.25) is 9.79 Å². The third kappa shape index (κ3) is 5.39. The van der Waals surface area contributed by atoms with Gasteiger partial charge in [0.1, 0.15) is 11.4 Å². The Morgan fingerprint density at radius 3 is 1.98 bits per heavy atom. The van der Waals surface area contributed by atoms with Crippen molar-refractivity contribution < 1.29 is 42.9 Å². The normalized spacial score (nSPS) is 16.3. The molecule has 0 N–H and O–H groups in total. The summed E-state index contributed by atoms with van der Waals surface area (Å²) in [5, 5.41) is 0. The molecule has 2 heterocycles. The monoisotopic (exact) mass is 570 g/mol. The first-order valence-electron chi connectivity index (χ1n) is 12.5. The van der Waals surface area contributed by atoms with Crippen LogP contribution in [0.25, 0.3) is 5.57 Å². The lowest BCUT2D eigenvalue weighted by Crippen LogP contribution is -2.37. The fraction of sp³-hybridized carbons (Fsp3) is 0.161. The topological polar surface area (TPSA) is 138 Å². The van der Waals surface area contributed by atoms with Gasteiger partial charge in [-0.2, -0.15) is 0 Å². The molecular formula is C31H26N2O9. The Hall–Kier alpha value is -5.58. The summed E-state index contributed by atoms with van der Waals surface area (Å²) in [5.74, 6) is -4.31. The van der Waals surface area contributed by atoms with Crippen LogP contribution in [0.1, 0.15) is 15.9 Å². The van der Waals surface area contributed by atoms with Crippen molar-refractivity contribution in [2.45, 2.75) is 6.04 Å². The molecule has 2 aromatic rings. The quantitative estimate of drug-likeness (QED) is 0.202. The average Bonchev–Trinajstić information content (AvgIpc) is 3.38. The Bertz CT molecular complexity index is 1600. The predicted octanol–water partition coefficient (Wildman–Crippen LogP) is 2.81. The predicted molar refractivity (Wildman–Crippen MR) is 150 cm³/mol. The summed E-state index contributed by atoms with van der Waals surface area (Å²) in [5.41, 5.74) is -0.350. The molecular weight excluding hydrogens is 544 g/mol. The Balaban J connectivity index is 2.23. The van der Waals surface area contributed by atoms with Gasteiger partial charge in [0.15, 0.2) is 0 Å². The number of Topliss-reactive ketones (excluding diaryl/α,β-unsaturated/α-hetero) is 1. The van der Waals surface area contributed by atoms with E-state index in [0.717, 1.165) is 34.5 Å². The molecule has 1 unspecified atom stereocenters. The zero-order valence-electron chi connectivity index (χ0n) is 23.2. The number of ether oxygens (including phenoxy) is 4. The second kappa shape index (κ2) is 12.7. The van der Waals surface area contributed by atoms with Gasteiger partial charge in [-0.1, -0.05) is 60.7 Å². The number of fused-ring (bicyclic) bond motifs is 2. The van der Waals surface area contributed by atoms with E-state index in [-0.39, 0.29) is 33.7 Å². The van der Waals surface area contributed by atoms with Gasteiger partial charge in [0.25, 0.3) is 0 Å². The van der Waals surface area contributed by atoms with Gasteiger partial charge in [0, 0.05) is 17.3 Å². The molecule has 42 heavy (non-hydrogen) atoms. The van der Waals surface area contributed by atoms with Gasteiger partial charge in [0.05, 0.1) is 57.4 Å². The van der Waals surface area contributed by atoms with Gasteiger partial charge in [-0.05, 0) is 11.6 Å². The summed E-state index contributed by atoms with van der Waals surface area (Å²) in [6.45, 7) is 0. The van der Waals surface area contributed by atoms with E-state index in [9.17, 15) is 24.0 Å². The third-order valence-electron chi connectivity index (χ3n) is 6.48. The fourth-order valence-corrected chi connectivity index (χ4v) is 4.66. The molecule has 0 aromatic heterocycles. The first-order valence-corrected chi connectivity index (χ1v) is 12.5. The number of carbonyl (C=O) groups excluding carboxylic acids is 5. The lowest BCUT2D eigenvalue weighted by atomic mass is 9.90. The van der Waals surface area contributed by atoms with Crippen molar-refractivity contribution in [3.63, 3.8) is 0 Å². The molecule has 0 saturated heterocycles. The van der Waals surface area contributed by atoms with Crippen molar-refractivity contribution >= 4 is 40.9 Å². The molecule has 11 heteroatoms. The molecule has 1 atom stereocenters. The minimum Gasteiger partial charge on any atom is -0.466 e. The average molecular weight is 571 g/mol.